The zero-order chi connectivity index (χ0) is 16.7. The van der Waals surface area contributed by atoms with E-state index >= 15 is 0 Å². The highest BCUT2D eigenvalue weighted by Crippen LogP contribution is 2.73. The molecule has 0 bridgehead atoms. The molecule has 0 aromatic rings. The fraction of sp³-hybridized carbons (Fsp3) is 0.944. The number of alkyl halides is 2. The number of rotatable bonds is 4. The third-order valence-corrected chi connectivity index (χ3v) is 7.90. The summed E-state index contributed by atoms with van der Waals surface area (Å²) in [4.78, 5) is 13.2. The highest BCUT2D eigenvalue weighted by molar-refractivity contribution is 6.55. The highest BCUT2D eigenvalue weighted by atomic mass is 35.5. The Morgan fingerprint density at radius 3 is 1.48 bits per heavy atom. The SMILES string of the molecule is CCOC1CCC2(CC1)C(=O)C1(CCC(OCC)CC1)C2(Cl)Cl. The van der Waals surface area contributed by atoms with E-state index in [9.17, 15) is 4.79 Å². The van der Waals surface area contributed by atoms with Crippen LogP contribution < -0.4 is 0 Å². The Kier molecular flexibility index (Phi) is 5.06. The molecule has 3 saturated carbocycles. The fourth-order valence-corrected chi connectivity index (χ4v) is 6.29. The predicted molar refractivity (Wildman–Crippen MR) is 92.1 cm³/mol. The van der Waals surface area contributed by atoms with Crippen LogP contribution in [0.4, 0.5) is 0 Å². The first kappa shape index (κ1) is 18.0. The molecule has 0 radical (unpaired) electrons. The lowest BCUT2D eigenvalue weighted by Crippen LogP contribution is -2.74. The largest absolute Gasteiger partial charge is 0.379 e. The van der Waals surface area contributed by atoms with Gasteiger partial charge in [-0.3, -0.25) is 4.79 Å². The molecule has 23 heavy (non-hydrogen) atoms. The van der Waals surface area contributed by atoms with Crippen LogP contribution in [-0.2, 0) is 14.3 Å². The molecular weight excluding hydrogens is 335 g/mol. The first-order valence-corrected chi connectivity index (χ1v) is 9.85. The van der Waals surface area contributed by atoms with Crippen molar-refractivity contribution in [2.45, 2.75) is 81.8 Å². The average molecular weight is 363 g/mol. The third kappa shape index (κ3) is 2.49. The van der Waals surface area contributed by atoms with Crippen LogP contribution in [0.5, 0.6) is 0 Å². The van der Waals surface area contributed by atoms with Gasteiger partial charge < -0.3 is 9.47 Å². The van der Waals surface area contributed by atoms with Crippen molar-refractivity contribution in [3.8, 4) is 0 Å². The molecule has 0 aliphatic heterocycles. The van der Waals surface area contributed by atoms with E-state index in [0.717, 1.165) is 64.6 Å². The molecule has 0 saturated heterocycles. The van der Waals surface area contributed by atoms with Crippen LogP contribution in [0.3, 0.4) is 0 Å². The number of Topliss-reactive ketones (excluding diaryl/α,β-unsaturated/α-hetero) is 1. The summed E-state index contributed by atoms with van der Waals surface area (Å²) in [5.74, 6) is 0.319. The maximum Gasteiger partial charge on any atom is 0.151 e. The van der Waals surface area contributed by atoms with E-state index in [2.05, 4.69) is 0 Å². The molecule has 0 heterocycles. The summed E-state index contributed by atoms with van der Waals surface area (Å²) >= 11 is 13.8. The summed E-state index contributed by atoms with van der Waals surface area (Å²) in [7, 11) is 0. The number of hydrogen-bond donors (Lipinski definition) is 0. The molecule has 132 valence electrons. The van der Waals surface area contributed by atoms with E-state index in [1.165, 1.54) is 0 Å². The van der Waals surface area contributed by atoms with Crippen molar-refractivity contribution in [2.75, 3.05) is 13.2 Å². The van der Waals surface area contributed by atoms with Crippen LogP contribution in [0.15, 0.2) is 0 Å². The minimum Gasteiger partial charge on any atom is -0.379 e. The lowest BCUT2D eigenvalue weighted by Gasteiger charge is -2.66. The Hall–Kier alpha value is 0.170. The highest BCUT2D eigenvalue weighted by Gasteiger charge is 2.79. The van der Waals surface area contributed by atoms with E-state index < -0.39 is 15.2 Å². The van der Waals surface area contributed by atoms with Crippen molar-refractivity contribution >= 4 is 29.0 Å². The van der Waals surface area contributed by atoms with Gasteiger partial charge in [0.25, 0.3) is 0 Å². The first-order valence-electron chi connectivity index (χ1n) is 9.09. The van der Waals surface area contributed by atoms with Gasteiger partial charge >= 0.3 is 0 Å². The van der Waals surface area contributed by atoms with Crippen molar-refractivity contribution in [2.24, 2.45) is 10.8 Å². The second kappa shape index (κ2) is 6.48. The zero-order valence-electron chi connectivity index (χ0n) is 14.2. The first-order chi connectivity index (χ1) is 10.9. The van der Waals surface area contributed by atoms with Crippen molar-refractivity contribution in [1.29, 1.82) is 0 Å². The van der Waals surface area contributed by atoms with Gasteiger partial charge in [-0.15, -0.1) is 0 Å². The maximum atomic E-state index is 13.2. The lowest BCUT2D eigenvalue weighted by atomic mass is 9.43. The Morgan fingerprint density at radius 2 is 1.22 bits per heavy atom. The summed E-state index contributed by atoms with van der Waals surface area (Å²) in [5.41, 5.74) is -1.08. The van der Waals surface area contributed by atoms with Gasteiger partial charge in [-0.05, 0) is 65.2 Å². The molecule has 0 N–H and O–H groups in total. The summed E-state index contributed by atoms with van der Waals surface area (Å²) < 4.78 is 10.5. The molecule has 0 atom stereocenters. The van der Waals surface area contributed by atoms with Crippen LogP contribution in [0, 0.1) is 10.8 Å². The Labute approximate surface area is 149 Å². The molecular formula is C18H28Cl2O3. The van der Waals surface area contributed by atoms with E-state index in [1.54, 1.807) is 0 Å². The molecule has 0 unspecified atom stereocenters. The summed E-state index contributed by atoms with van der Waals surface area (Å²) in [5, 5.41) is 0. The minimum atomic E-state index is -0.925. The van der Waals surface area contributed by atoms with Crippen LogP contribution in [0.25, 0.3) is 0 Å². The number of carbonyl (C=O) groups excluding carboxylic acids is 1. The number of halogens is 2. The Bertz CT molecular complexity index is 409. The van der Waals surface area contributed by atoms with Gasteiger partial charge in [0.05, 0.1) is 23.0 Å². The summed E-state index contributed by atoms with van der Waals surface area (Å²) in [6.07, 6.45) is 7.12. The maximum absolute atomic E-state index is 13.2. The molecule has 3 fully saturated rings. The normalized spacial score (nSPS) is 42.9. The summed E-state index contributed by atoms with van der Waals surface area (Å²) in [6.45, 7) is 5.47. The van der Waals surface area contributed by atoms with Gasteiger partial charge in [-0.1, -0.05) is 23.2 Å². The molecule has 3 aliphatic carbocycles. The van der Waals surface area contributed by atoms with Gasteiger partial charge in [-0.2, -0.15) is 0 Å². The molecule has 0 amide bonds. The average Bonchev–Trinajstić information content (AvgIpc) is 2.56. The predicted octanol–water partition coefficient (Wildman–Crippen LogP) is 4.67. The fourth-order valence-electron chi connectivity index (χ4n) is 5.19. The lowest BCUT2D eigenvalue weighted by molar-refractivity contribution is -0.176. The van der Waals surface area contributed by atoms with Gasteiger partial charge in [-0.25, -0.2) is 0 Å². The number of carbonyl (C=O) groups is 1. The van der Waals surface area contributed by atoms with E-state index in [4.69, 9.17) is 32.7 Å². The van der Waals surface area contributed by atoms with Crippen molar-refractivity contribution < 1.29 is 14.3 Å². The van der Waals surface area contributed by atoms with Crippen molar-refractivity contribution in [3.05, 3.63) is 0 Å². The van der Waals surface area contributed by atoms with Crippen LogP contribution in [0.1, 0.15) is 65.2 Å². The molecule has 3 rings (SSSR count). The van der Waals surface area contributed by atoms with Crippen molar-refractivity contribution in [1.82, 2.24) is 0 Å². The standard InChI is InChI=1S/C18H28Cl2O3/c1-3-22-13-5-9-16(10-6-13)15(21)17(18(16,19)20)11-7-14(8-12-17)23-4-2/h13-14H,3-12H2,1-2H3. The third-order valence-electron chi connectivity index (χ3n) is 6.45. The van der Waals surface area contributed by atoms with Crippen LogP contribution in [-0.4, -0.2) is 35.5 Å². The Morgan fingerprint density at radius 1 is 0.870 bits per heavy atom. The van der Waals surface area contributed by atoms with Gasteiger partial charge in [0.15, 0.2) is 5.78 Å². The van der Waals surface area contributed by atoms with E-state index in [1.807, 2.05) is 13.8 Å². The molecule has 3 nitrogen and oxygen atoms in total. The van der Waals surface area contributed by atoms with Gasteiger partial charge in [0.1, 0.15) is 4.33 Å². The van der Waals surface area contributed by atoms with E-state index in [-0.39, 0.29) is 12.2 Å². The molecule has 5 heteroatoms. The van der Waals surface area contributed by atoms with Gasteiger partial charge in [0, 0.05) is 13.2 Å². The zero-order valence-corrected chi connectivity index (χ0v) is 15.7. The molecule has 0 aromatic carbocycles. The van der Waals surface area contributed by atoms with Crippen molar-refractivity contribution in [3.63, 3.8) is 0 Å². The Balaban J connectivity index is 1.70. The van der Waals surface area contributed by atoms with Crippen LogP contribution >= 0.6 is 23.2 Å². The van der Waals surface area contributed by atoms with E-state index in [0.29, 0.717) is 5.78 Å². The minimum absolute atomic E-state index is 0.257. The number of ketones is 1. The smallest absolute Gasteiger partial charge is 0.151 e. The quantitative estimate of drug-likeness (QED) is 0.681. The summed E-state index contributed by atoms with van der Waals surface area (Å²) in [6, 6.07) is 0. The monoisotopic (exact) mass is 362 g/mol. The number of hydrogen-bond acceptors (Lipinski definition) is 3. The molecule has 3 aliphatic rings. The van der Waals surface area contributed by atoms with Gasteiger partial charge in [0.2, 0.25) is 0 Å². The topological polar surface area (TPSA) is 35.5 Å². The second-order valence-electron chi connectivity index (χ2n) is 7.38. The second-order valence-corrected chi connectivity index (χ2v) is 8.70. The number of ether oxygens (including phenoxy) is 2. The molecule has 0 aromatic heterocycles. The van der Waals surface area contributed by atoms with Crippen LogP contribution in [0.2, 0.25) is 0 Å². The molecule has 2 spiro atoms.